The third-order valence-electron chi connectivity index (χ3n) is 4.73. The van der Waals surface area contributed by atoms with Crippen LogP contribution in [0, 0.1) is 0 Å². The number of piperidine rings is 2. The Morgan fingerprint density at radius 2 is 1.91 bits per heavy atom. The van der Waals surface area contributed by atoms with E-state index in [9.17, 15) is 18.0 Å². The summed E-state index contributed by atoms with van der Waals surface area (Å²) in [5, 5.41) is 6.60. The first-order valence-electron chi connectivity index (χ1n) is 8.02. The predicted molar refractivity (Wildman–Crippen MR) is 78.5 cm³/mol. The van der Waals surface area contributed by atoms with Gasteiger partial charge in [-0.3, -0.25) is 4.79 Å². The quantitative estimate of drug-likeness (QED) is 0.833. The lowest BCUT2D eigenvalue weighted by molar-refractivity contribution is -0.138. The van der Waals surface area contributed by atoms with Crippen LogP contribution in [0.25, 0.3) is 0 Å². The minimum absolute atomic E-state index is 0.0880. The predicted octanol–water partition coefficient (Wildman–Crippen LogP) is 2.05. The van der Waals surface area contributed by atoms with Gasteiger partial charge in [0.2, 0.25) is 5.91 Å². The molecule has 0 spiro atoms. The van der Waals surface area contributed by atoms with Crippen LogP contribution in [0.15, 0.2) is 0 Å². The van der Waals surface area contributed by atoms with Crippen molar-refractivity contribution >= 4 is 5.91 Å². The van der Waals surface area contributed by atoms with Crippen LogP contribution in [0.4, 0.5) is 13.2 Å². The largest absolute Gasteiger partial charge is 0.390 e. The fraction of sp³-hybridized carbons (Fsp3) is 0.933. The van der Waals surface area contributed by atoms with Gasteiger partial charge < -0.3 is 15.5 Å². The first-order chi connectivity index (χ1) is 10.2. The molecule has 2 aliphatic heterocycles. The van der Waals surface area contributed by atoms with Crippen LogP contribution in [0.3, 0.4) is 0 Å². The van der Waals surface area contributed by atoms with Gasteiger partial charge in [-0.1, -0.05) is 0 Å². The zero-order valence-corrected chi connectivity index (χ0v) is 13.3. The first-order valence-corrected chi connectivity index (χ1v) is 8.02. The summed E-state index contributed by atoms with van der Waals surface area (Å²) in [4.78, 5) is 13.4. The van der Waals surface area contributed by atoms with Gasteiger partial charge >= 0.3 is 6.18 Å². The lowest BCUT2D eigenvalue weighted by Crippen LogP contribution is -2.63. The topological polar surface area (TPSA) is 44.4 Å². The Kier molecular flexibility index (Phi) is 5.37. The normalized spacial score (nSPS) is 27.7. The van der Waals surface area contributed by atoms with E-state index in [1.807, 2.05) is 18.7 Å². The molecule has 2 N–H and O–H groups in total. The number of amides is 1. The summed E-state index contributed by atoms with van der Waals surface area (Å²) in [5.41, 5.74) is -0.275. The summed E-state index contributed by atoms with van der Waals surface area (Å²) in [6, 6.07) is 0.540. The number of nitrogens with one attached hydrogen (secondary N) is 2. The van der Waals surface area contributed by atoms with E-state index in [-0.39, 0.29) is 24.0 Å². The number of carbonyl (C=O) groups excluding carboxylic acids is 1. The summed E-state index contributed by atoms with van der Waals surface area (Å²) < 4.78 is 36.7. The molecule has 0 aromatic heterocycles. The Hall–Kier alpha value is -0.820. The molecule has 0 aromatic rings. The Labute approximate surface area is 129 Å². The molecule has 2 heterocycles. The fourth-order valence-electron chi connectivity index (χ4n) is 3.33. The number of rotatable bonds is 4. The van der Waals surface area contributed by atoms with E-state index in [1.54, 1.807) is 0 Å². The van der Waals surface area contributed by atoms with Gasteiger partial charge in [-0.15, -0.1) is 0 Å². The van der Waals surface area contributed by atoms with E-state index in [1.165, 1.54) is 0 Å². The number of nitrogens with zero attached hydrogens (tertiary/aromatic N) is 1. The lowest BCUT2D eigenvalue weighted by atomic mass is 9.85. The highest BCUT2D eigenvalue weighted by atomic mass is 19.4. The molecule has 7 heteroatoms. The second-order valence-corrected chi connectivity index (χ2v) is 7.01. The SMILES string of the molecule is CC1(C)NC(=O)CCC1NC1CCN(CCC(F)(F)F)CC1. The maximum atomic E-state index is 12.2. The molecule has 2 aliphatic rings. The maximum absolute atomic E-state index is 12.2. The molecule has 22 heavy (non-hydrogen) atoms. The maximum Gasteiger partial charge on any atom is 0.390 e. The summed E-state index contributed by atoms with van der Waals surface area (Å²) in [5.74, 6) is 0.0880. The van der Waals surface area contributed by atoms with Crippen molar-refractivity contribution in [1.29, 1.82) is 0 Å². The summed E-state index contributed by atoms with van der Waals surface area (Å²) in [6.45, 7) is 5.53. The van der Waals surface area contributed by atoms with Crippen molar-refractivity contribution in [3.05, 3.63) is 0 Å². The van der Waals surface area contributed by atoms with Crippen LogP contribution in [0.1, 0.15) is 46.0 Å². The molecule has 0 radical (unpaired) electrons. The smallest absolute Gasteiger partial charge is 0.350 e. The minimum Gasteiger partial charge on any atom is -0.350 e. The fourth-order valence-corrected chi connectivity index (χ4v) is 3.33. The second-order valence-electron chi connectivity index (χ2n) is 7.01. The molecule has 2 rings (SSSR count). The molecular weight excluding hydrogens is 295 g/mol. The van der Waals surface area contributed by atoms with Gasteiger partial charge in [-0.25, -0.2) is 0 Å². The molecule has 0 aromatic carbocycles. The number of alkyl halides is 3. The van der Waals surface area contributed by atoms with Crippen LogP contribution in [0.5, 0.6) is 0 Å². The lowest BCUT2D eigenvalue weighted by Gasteiger charge is -2.43. The van der Waals surface area contributed by atoms with Crippen molar-refractivity contribution in [1.82, 2.24) is 15.5 Å². The molecule has 128 valence electrons. The van der Waals surface area contributed by atoms with Crippen LogP contribution in [-0.4, -0.2) is 54.2 Å². The van der Waals surface area contributed by atoms with Gasteiger partial charge in [0.1, 0.15) is 0 Å². The highest BCUT2D eigenvalue weighted by Gasteiger charge is 2.37. The molecule has 2 saturated heterocycles. The van der Waals surface area contributed by atoms with E-state index < -0.39 is 12.6 Å². The van der Waals surface area contributed by atoms with Gasteiger partial charge in [0.05, 0.1) is 6.42 Å². The first kappa shape index (κ1) is 17.5. The van der Waals surface area contributed by atoms with Crippen LogP contribution >= 0.6 is 0 Å². The van der Waals surface area contributed by atoms with Crippen molar-refractivity contribution in [2.75, 3.05) is 19.6 Å². The molecule has 0 aliphatic carbocycles. The summed E-state index contributed by atoms with van der Waals surface area (Å²) in [7, 11) is 0. The standard InChI is InChI=1S/C15H26F3N3O/c1-14(2)12(3-4-13(22)20-14)19-11-5-8-21(9-6-11)10-7-15(16,17)18/h11-12,19H,3-10H2,1-2H3,(H,20,22). The zero-order valence-electron chi connectivity index (χ0n) is 13.3. The van der Waals surface area contributed by atoms with Crippen LogP contribution < -0.4 is 10.6 Å². The van der Waals surface area contributed by atoms with Crippen molar-refractivity contribution in [3.8, 4) is 0 Å². The number of halogens is 3. The van der Waals surface area contributed by atoms with Crippen LogP contribution in [-0.2, 0) is 4.79 Å². The molecule has 1 unspecified atom stereocenters. The van der Waals surface area contributed by atoms with Crippen molar-refractivity contribution in [2.45, 2.75) is 69.8 Å². The number of hydrogen-bond donors (Lipinski definition) is 2. The molecule has 1 atom stereocenters. The Morgan fingerprint density at radius 1 is 1.27 bits per heavy atom. The Balaban J connectivity index is 1.74. The van der Waals surface area contributed by atoms with Gasteiger partial charge in [-0.2, -0.15) is 13.2 Å². The minimum atomic E-state index is -4.07. The molecular formula is C15H26F3N3O. The van der Waals surface area contributed by atoms with Gasteiger partial charge in [0.15, 0.2) is 0 Å². The zero-order chi connectivity index (χ0) is 16.4. The van der Waals surface area contributed by atoms with Gasteiger partial charge in [0.25, 0.3) is 0 Å². The molecule has 1 amide bonds. The van der Waals surface area contributed by atoms with Gasteiger partial charge in [-0.05, 0) is 46.2 Å². The van der Waals surface area contributed by atoms with E-state index in [0.717, 1.165) is 19.3 Å². The molecule has 4 nitrogen and oxygen atoms in total. The monoisotopic (exact) mass is 321 g/mol. The molecule has 2 fully saturated rings. The molecule has 0 saturated carbocycles. The third-order valence-corrected chi connectivity index (χ3v) is 4.73. The Bertz CT molecular complexity index is 390. The van der Waals surface area contributed by atoms with E-state index in [0.29, 0.717) is 25.6 Å². The van der Waals surface area contributed by atoms with Gasteiger partial charge in [0, 0.05) is 30.6 Å². The number of likely N-dealkylation sites (tertiary alicyclic amines) is 1. The van der Waals surface area contributed by atoms with E-state index in [4.69, 9.17) is 0 Å². The number of hydrogen-bond acceptors (Lipinski definition) is 3. The van der Waals surface area contributed by atoms with Crippen molar-refractivity contribution < 1.29 is 18.0 Å². The van der Waals surface area contributed by atoms with Crippen LogP contribution in [0.2, 0.25) is 0 Å². The summed E-state index contributed by atoms with van der Waals surface area (Å²) in [6.07, 6.45) is -1.73. The highest BCUT2D eigenvalue weighted by molar-refractivity contribution is 5.77. The van der Waals surface area contributed by atoms with E-state index >= 15 is 0 Å². The Morgan fingerprint density at radius 3 is 2.45 bits per heavy atom. The second kappa shape index (κ2) is 6.74. The summed E-state index contributed by atoms with van der Waals surface area (Å²) >= 11 is 0. The third kappa shape index (κ3) is 5.12. The van der Waals surface area contributed by atoms with Crippen molar-refractivity contribution in [2.24, 2.45) is 0 Å². The average Bonchev–Trinajstić information content (AvgIpc) is 2.39. The average molecular weight is 321 g/mol. The van der Waals surface area contributed by atoms with E-state index in [2.05, 4.69) is 10.6 Å². The van der Waals surface area contributed by atoms with Crippen molar-refractivity contribution in [3.63, 3.8) is 0 Å². The number of carbonyl (C=O) groups is 1. The highest BCUT2D eigenvalue weighted by Crippen LogP contribution is 2.24. The molecule has 0 bridgehead atoms.